The van der Waals surface area contributed by atoms with Gasteiger partial charge in [0, 0.05) is 13.0 Å². The van der Waals surface area contributed by atoms with Gasteiger partial charge in [0.05, 0.1) is 18.6 Å². The van der Waals surface area contributed by atoms with Crippen LogP contribution in [0.4, 0.5) is 0 Å². The van der Waals surface area contributed by atoms with Crippen molar-refractivity contribution in [1.29, 1.82) is 0 Å². The fraction of sp³-hybridized carbons (Fsp3) is 0.333. The molecule has 0 radical (unpaired) electrons. The largest absolute Gasteiger partial charge is 0.497 e. The van der Waals surface area contributed by atoms with Crippen molar-refractivity contribution < 1.29 is 28.7 Å². The molecule has 0 spiro atoms. The van der Waals surface area contributed by atoms with E-state index in [9.17, 15) is 19.7 Å². The summed E-state index contributed by atoms with van der Waals surface area (Å²) >= 11 is 0. The third-order valence-electron chi connectivity index (χ3n) is 2.69. The van der Waals surface area contributed by atoms with Gasteiger partial charge in [0.2, 0.25) is 0 Å². The second-order valence-electron chi connectivity index (χ2n) is 4.34. The summed E-state index contributed by atoms with van der Waals surface area (Å²) < 4.78 is 14.5. The first-order valence-corrected chi connectivity index (χ1v) is 6.73. The van der Waals surface area contributed by atoms with E-state index < -0.39 is 28.7 Å². The van der Waals surface area contributed by atoms with Crippen molar-refractivity contribution in [3.8, 4) is 5.75 Å². The second kappa shape index (κ2) is 8.52. The van der Waals surface area contributed by atoms with Crippen molar-refractivity contribution in [3.05, 3.63) is 45.6 Å². The SMILES string of the molecule is CCOC(=O)C(OC(C)=O)/C(=C/c1ccc(OC)cc1)[N+](=O)[O-]. The van der Waals surface area contributed by atoms with Crippen LogP contribution in [0.3, 0.4) is 0 Å². The maximum absolute atomic E-state index is 11.9. The third-order valence-corrected chi connectivity index (χ3v) is 2.69. The van der Waals surface area contributed by atoms with Gasteiger partial charge >= 0.3 is 11.9 Å². The van der Waals surface area contributed by atoms with Crippen molar-refractivity contribution >= 4 is 18.0 Å². The molecule has 0 amide bonds. The van der Waals surface area contributed by atoms with Gasteiger partial charge < -0.3 is 14.2 Å². The number of esters is 2. The summed E-state index contributed by atoms with van der Waals surface area (Å²) in [5.41, 5.74) is -0.150. The van der Waals surface area contributed by atoms with Crippen LogP contribution in [0.1, 0.15) is 19.4 Å². The smallest absolute Gasteiger partial charge is 0.358 e. The molecule has 1 rings (SSSR count). The molecular weight excluding hydrogens is 306 g/mol. The lowest BCUT2D eigenvalue weighted by Crippen LogP contribution is -2.33. The van der Waals surface area contributed by atoms with Crippen molar-refractivity contribution in [1.82, 2.24) is 0 Å². The molecule has 0 aromatic heterocycles. The molecule has 0 aliphatic carbocycles. The summed E-state index contributed by atoms with van der Waals surface area (Å²) in [6, 6.07) is 6.35. The topological polar surface area (TPSA) is 105 Å². The molecule has 1 aromatic rings. The molecule has 0 saturated heterocycles. The number of carbonyl (C=O) groups is 2. The minimum atomic E-state index is -1.73. The van der Waals surface area contributed by atoms with E-state index in [0.717, 1.165) is 13.0 Å². The van der Waals surface area contributed by atoms with E-state index in [1.807, 2.05) is 0 Å². The lowest BCUT2D eigenvalue weighted by molar-refractivity contribution is -0.432. The van der Waals surface area contributed by atoms with E-state index in [-0.39, 0.29) is 6.61 Å². The summed E-state index contributed by atoms with van der Waals surface area (Å²) in [5.74, 6) is -1.25. The minimum Gasteiger partial charge on any atom is -0.497 e. The maximum Gasteiger partial charge on any atom is 0.358 e. The molecule has 8 heteroatoms. The van der Waals surface area contributed by atoms with Crippen LogP contribution in [0.5, 0.6) is 5.75 Å². The van der Waals surface area contributed by atoms with Gasteiger partial charge in [-0.05, 0) is 24.6 Å². The van der Waals surface area contributed by atoms with E-state index >= 15 is 0 Å². The van der Waals surface area contributed by atoms with E-state index in [2.05, 4.69) is 0 Å². The quantitative estimate of drug-likeness (QED) is 0.428. The number of nitrogens with zero attached hydrogens (tertiary/aromatic N) is 1. The second-order valence-corrected chi connectivity index (χ2v) is 4.34. The number of benzene rings is 1. The van der Waals surface area contributed by atoms with Crippen LogP contribution >= 0.6 is 0 Å². The number of hydrogen-bond acceptors (Lipinski definition) is 7. The Labute approximate surface area is 132 Å². The standard InChI is InChI=1S/C15H17NO7/c1-4-22-15(18)14(23-10(2)17)13(16(19)20)9-11-5-7-12(21-3)8-6-11/h5-9,14H,4H2,1-3H3/b13-9-. The summed E-state index contributed by atoms with van der Waals surface area (Å²) in [6.45, 7) is 2.60. The molecule has 0 aliphatic heterocycles. The van der Waals surface area contributed by atoms with Crippen molar-refractivity contribution in [2.45, 2.75) is 20.0 Å². The highest BCUT2D eigenvalue weighted by molar-refractivity contribution is 5.82. The Morgan fingerprint density at radius 2 is 1.91 bits per heavy atom. The number of hydrogen-bond donors (Lipinski definition) is 0. The van der Waals surface area contributed by atoms with Crippen molar-refractivity contribution in [2.75, 3.05) is 13.7 Å². The first kappa shape index (κ1) is 18.1. The van der Waals surface area contributed by atoms with Gasteiger partial charge in [0.25, 0.3) is 11.8 Å². The molecule has 1 aromatic carbocycles. The molecule has 1 unspecified atom stereocenters. The summed E-state index contributed by atoms with van der Waals surface area (Å²) in [5, 5.41) is 11.3. The zero-order valence-corrected chi connectivity index (χ0v) is 13.0. The van der Waals surface area contributed by atoms with Gasteiger partial charge in [-0.25, -0.2) is 4.79 Å². The average molecular weight is 323 g/mol. The number of rotatable bonds is 7. The van der Waals surface area contributed by atoms with Gasteiger partial charge in [-0.1, -0.05) is 12.1 Å². The van der Waals surface area contributed by atoms with Crippen molar-refractivity contribution in [2.24, 2.45) is 0 Å². The number of ether oxygens (including phenoxy) is 3. The normalized spacial score (nSPS) is 12.2. The first-order chi connectivity index (χ1) is 10.9. The van der Waals surface area contributed by atoms with Gasteiger partial charge in [-0.15, -0.1) is 0 Å². The Morgan fingerprint density at radius 3 is 2.35 bits per heavy atom. The fourth-order valence-electron chi connectivity index (χ4n) is 1.71. The monoisotopic (exact) mass is 323 g/mol. The predicted octanol–water partition coefficient (Wildman–Crippen LogP) is 1.81. The molecule has 0 heterocycles. The van der Waals surface area contributed by atoms with Gasteiger partial charge in [0.1, 0.15) is 5.75 Å². The van der Waals surface area contributed by atoms with Gasteiger partial charge in [0.15, 0.2) is 0 Å². The zero-order valence-electron chi connectivity index (χ0n) is 13.0. The van der Waals surface area contributed by atoms with Crippen LogP contribution in [0.2, 0.25) is 0 Å². The molecule has 1 atom stereocenters. The molecule has 124 valence electrons. The molecular formula is C15H17NO7. The van der Waals surface area contributed by atoms with Crippen LogP contribution in [-0.2, 0) is 19.1 Å². The molecule has 0 fully saturated rings. The molecule has 23 heavy (non-hydrogen) atoms. The van der Waals surface area contributed by atoms with Gasteiger partial charge in [-0.3, -0.25) is 14.9 Å². The first-order valence-electron chi connectivity index (χ1n) is 6.73. The molecule has 8 nitrogen and oxygen atoms in total. The zero-order chi connectivity index (χ0) is 17.4. The predicted molar refractivity (Wildman–Crippen MR) is 80.2 cm³/mol. The van der Waals surface area contributed by atoms with E-state index in [0.29, 0.717) is 11.3 Å². The minimum absolute atomic E-state index is 0.00410. The third kappa shape index (κ3) is 5.42. The summed E-state index contributed by atoms with van der Waals surface area (Å²) in [6.07, 6.45) is -0.589. The Kier molecular flexibility index (Phi) is 6.72. The highest BCUT2D eigenvalue weighted by Gasteiger charge is 2.36. The van der Waals surface area contributed by atoms with Crippen molar-refractivity contribution in [3.63, 3.8) is 0 Å². The van der Waals surface area contributed by atoms with Gasteiger partial charge in [-0.2, -0.15) is 0 Å². The fourth-order valence-corrected chi connectivity index (χ4v) is 1.71. The molecule has 0 aliphatic rings. The number of nitro groups is 1. The Morgan fingerprint density at radius 1 is 1.30 bits per heavy atom. The lowest BCUT2D eigenvalue weighted by atomic mass is 10.1. The highest BCUT2D eigenvalue weighted by Crippen LogP contribution is 2.18. The van der Waals surface area contributed by atoms with Crippen LogP contribution in [0.25, 0.3) is 6.08 Å². The summed E-state index contributed by atoms with van der Waals surface area (Å²) in [7, 11) is 1.49. The Balaban J connectivity index is 3.21. The highest BCUT2D eigenvalue weighted by atomic mass is 16.6. The Bertz CT molecular complexity index is 607. The van der Waals surface area contributed by atoms with E-state index in [1.165, 1.54) is 7.11 Å². The van der Waals surface area contributed by atoms with Crippen LogP contribution in [-0.4, -0.2) is 36.7 Å². The Hall–Kier alpha value is -2.90. The number of carbonyl (C=O) groups excluding carboxylic acids is 2. The maximum atomic E-state index is 11.9. The number of methoxy groups -OCH3 is 1. The lowest BCUT2D eigenvalue weighted by Gasteiger charge is -2.13. The van der Waals surface area contributed by atoms with E-state index in [4.69, 9.17) is 14.2 Å². The molecule has 0 saturated carbocycles. The molecule has 0 bridgehead atoms. The van der Waals surface area contributed by atoms with Crippen LogP contribution < -0.4 is 4.74 Å². The van der Waals surface area contributed by atoms with Crippen LogP contribution in [0, 0.1) is 10.1 Å². The summed E-state index contributed by atoms with van der Waals surface area (Å²) in [4.78, 5) is 33.5. The average Bonchev–Trinajstić information content (AvgIpc) is 2.51. The van der Waals surface area contributed by atoms with E-state index in [1.54, 1.807) is 31.2 Å². The molecule has 0 N–H and O–H groups in total. The van der Waals surface area contributed by atoms with Crippen LogP contribution in [0.15, 0.2) is 30.0 Å².